The second kappa shape index (κ2) is 12.1. The summed E-state index contributed by atoms with van der Waals surface area (Å²) in [7, 11) is 1.52. The quantitative estimate of drug-likeness (QED) is 0.243. The molecule has 34 heavy (non-hydrogen) atoms. The monoisotopic (exact) mass is 540 g/mol. The molecule has 0 aliphatic rings. The molecule has 8 heteroatoms. The predicted molar refractivity (Wildman–Crippen MR) is 136 cm³/mol. The van der Waals surface area contributed by atoms with Crippen molar-refractivity contribution >= 4 is 45.2 Å². The zero-order chi connectivity index (χ0) is 24.5. The number of carbonyl (C=O) groups excluding carboxylic acids is 1. The molecule has 0 fully saturated rings. The second-order valence-corrected chi connectivity index (χ2v) is 8.32. The van der Waals surface area contributed by atoms with Crippen LogP contribution in [-0.2, 0) is 11.4 Å². The molecule has 0 aromatic heterocycles. The number of rotatable bonds is 9. The molecule has 0 aliphatic carbocycles. The standard InChI is InChI=1S/C26H22BrClN2O4/c1-3-33-22-9-7-21(8-10-22)30-26(31)19(15-29)11-18-13-23(27)25(24(14-18)32-2)34-16-17-5-4-6-20(28)12-17/h4-14H,3,16H2,1-2H3,(H,30,31)/b19-11+. The second-order valence-electron chi connectivity index (χ2n) is 7.03. The van der Waals surface area contributed by atoms with Crippen LogP contribution in [0.3, 0.4) is 0 Å². The number of benzene rings is 3. The lowest BCUT2D eigenvalue weighted by atomic mass is 10.1. The van der Waals surface area contributed by atoms with Gasteiger partial charge in [0.25, 0.3) is 5.91 Å². The van der Waals surface area contributed by atoms with Crippen molar-refractivity contribution in [1.29, 1.82) is 5.26 Å². The number of halogens is 2. The van der Waals surface area contributed by atoms with Gasteiger partial charge in [-0.1, -0.05) is 23.7 Å². The normalized spacial score (nSPS) is 10.9. The predicted octanol–water partition coefficient (Wildman–Crippen LogP) is 6.63. The highest BCUT2D eigenvalue weighted by Crippen LogP contribution is 2.38. The van der Waals surface area contributed by atoms with Crippen LogP contribution < -0.4 is 19.5 Å². The van der Waals surface area contributed by atoms with Gasteiger partial charge in [0.2, 0.25) is 0 Å². The van der Waals surface area contributed by atoms with Crippen LogP contribution in [0.15, 0.2) is 70.7 Å². The molecule has 0 bridgehead atoms. The van der Waals surface area contributed by atoms with Crippen molar-refractivity contribution in [2.75, 3.05) is 19.0 Å². The Morgan fingerprint density at radius 3 is 2.56 bits per heavy atom. The Hall–Kier alpha value is -3.47. The number of hydrogen-bond acceptors (Lipinski definition) is 5. The van der Waals surface area contributed by atoms with Crippen molar-refractivity contribution in [1.82, 2.24) is 0 Å². The van der Waals surface area contributed by atoms with Crippen molar-refractivity contribution in [3.05, 3.63) is 86.9 Å². The van der Waals surface area contributed by atoms with Crippen LogP contribution in [0, 0.1) is 11.3 Å². The number of anilines is 1. The number of methoxy groups -OCH3 is 1. The van der Waals surface area contributed by atoms with Crippen molar-refractivity contribution < 1.29 is 19.0 Å². The van der Waals surface area contributed by atoms with E-state index in [1.807, 2.05) is 31.2 Å². The van der Waals surface area contributed by atoms with Crippen LogP contribution in [0.4, 0.5) is 5.69 Å². The maximum Gasteiger partial charge on any atom is 0.266 e. The van der Waals surface area contributed by atoms with Gasteiger partial charge in [-0.2, -0.15) is 5.26 Å². The zero-order valence-corrected chi connectivity index (χ0v) is 20.9. The minimum atomic E-state index is -0.525. The van der Waals surface area contributed by atoms with Crippen molar-refractivity contribution in [3.63, 3.8) is 0 Å². The molecule has 174 valence electrons. The molecular weight excluding hydrogens is 520 g/mol. The minimum absolute atomic E-state index is 0.0598. The fourth-order valence-electron chi connectivity index (χ4n) is 3.06. The summed E-state index contributed by atoms with van der Waals surface area (Å²) in [4.78, 5) is 12.6. The first kappa shape index (κ1) is 25.2. The van der Waals surface area contributed by atoms with E-state index in [-0.39, 0.29) is 5.57 Å². The Balaban J connectivity index is 1.77. The van der Waals surface area contributed by atoms with Gasteiger partial charge in [0.1, 0.15) is 24.0 Å². The summed E-state index contributed by atoms with van der Waals surface area (Å²) >= 11 is 9.53. The zero-order valence-electron chi connectivity index (χ0n) is 18.6. The molecule has 0 atom stereocenters. The summed E-state index contributed by atoms with van der Waals surface area (Å²) in [5.74, 6) is 1.12. The average Bonchev–Trinajstić information content (AvgIpc) is 2.83. The van der Waals surface area contributed by atoms with Gasteiger partial charge < -0.3 is 19.5 Å². The Bertz CT molecular complexity index is 1240. The molecule has 3 rings (SSSR count). The third-order valence-corrected chi connectivity index (χ3v) is 5.45. The third-order valence-electron chi connectivity index (χ3n) is 4.62. The van der Waals surface area contributed by atoms with Crippen molar-refractivity contribution in [3.8, 4) is 23.3 Å². The fourth-order valence-corrected chi connectivity index (χ4v) is 3.85. The average molecular weight is 542 g/mol. The van der Waals surface area contributed by atoms with E-state index < -0.39 is 5.91 Å². The first-order valence-electron chi connectivity index (χ1n) is 10.3. The van der Waals surface area contributed by atoms with Crippen LogP contribution in [0.2, 0.25) is 5.02 Å². The lowest BCUT2D eigenvalue weighted by Crippen LogP contribution is -2.13. The van der Waals surface area contributed by atoms with Crippen LogP contribution in [-0.4, -0.2) is 19.6 Å². The molecule has 0 saturated carbocycles. The highest BCUT2D eigenvalue weighted by molar-refractivity contribution is 9.10. The molecule has 3 aromatic carbocycles. The van der Waals surface area contributed by atoms with Gasteiger partial charge in [0.05, 0.1) is 18.2 Å². The van der Waals surface area contributed by atoms with Gasteiger partial charge in [-0.3, -0.25) is 4.79 Å². The molecule has 3 aromatic rings. The third kappa shape index (κ3) is 6.77. The summed E-state index contributed by atoms with van der Waals surface area (Å²) in [6, 6.07) is 19.7. The molecule has 0 radical (unpaired) electrons. The Morgan fingerprint density at radius 1 is 1.15 bits per heavy atom. The number of nitriles is 1. The summed E-state index contributed by atoms with van der Waals surface area (Å²) in [6.45, 7) is 2.74. The van der Waals surface area contributed by atoms with Gasteiger partial charge >= 0.3 is 0 Å². The number of amides is 1. The number of carbonyl (C=O) groups is 1. The maximum atomic E-state index is 12.6. The van der Waals surface area contributed by atoms with Gasteiger partial charge in [0, 0.05) is 10.7 Å². The van der Waals surface area contributed by atoms with Gasteiger partial charge in [-0.05, 0) is 88.6 Å². The lowest BCUT2D eigenvalue weighted by molar-refractivity contribution is -0.112. The van der Waals surface area contributed by atoms with Gasteiger partial charge in [0.15, 0.2) is 11.5 Å². The first-order valence-corrected chi connectivity index (χ1v) is 11.5. The molecule has 0 unspecified atom stereocenters. The van der Waals surface area contributed by atoms with Crippen LogP contribution in [0.1, 0.15) is 18.1 Å². The number of hydrogen-bond donors (Lipinski definition) is 1. The van der Waals surface area contributed by atoms with Gasteiger partial charge in [-0.25, -0.2) is 0 Å². The smallest absolute Gasteiger partial charge is 0.266 e. The molecule has 6 nitrogen and oxygen atoms in total. The Kier molecular flexibility index (Phi) is 8.97. The maximum absolute atomic E-state index is 12.6. The summed E-state index contributed by atoms with van der Waals surface area (Å²) in [5.41, 5.74) is 1.99. The van der Waals surface area contributed by atoms with E-state index in [9.17, 15) is 10.1 Å². The van der Waals surface area contributed by atoms with E-state index in [2.05, 4.69) is 21.2 Å². The first-order chi connectivity index (χ1) is 16.4. The molecule has 1 amide bonds. The Labute approximate surface area is 211 Å². The van der Waals surface area contributed by atoms with Gasteiger partial charge in [-0.15, -0.1) is 0 Å². The number of ether oxygens (including phenoxy) is 3. The minimum Gasteiger partial charge on any atom is -0.494 e. The molecule has 0 heterocycles. The summed E-state index contributed by atoms with van der Waals surface area (Å²) < 4.78 is 17.4. The molecule has 0 spiro atoms. The summed E-state index contributed by atoms with van der Waals surface area (Å²) in [5, 5.41) is 12.9. The van der Waals surface area contributed by atoms with Crippen molar-refractivity contribution in [2.24, 2.45) is 0 Å². The van der Waals surface area contributed by atoms with Crippen LogP contribution in [0.5, 0.6) is 17.2 Å². The molecule has 0 aliphatic heterocycles. The SMILES string of the molecule is CCOc1ccc(NC(=O)/C(C#N)=C/c2cc(Br)c(OCc3cccc(Cl)c3)c(OC)c2)cc1. The van der Waals surface area contributed by atoms with Crippen LogP contribution >= 0.6 is 27.5 Å². The van der Waals surface area contributed by atoms with Crippen LogP contribution in [0.25, 0.3) is 6.08 Å². The largest absolute Gasteiger partial charge is 0.494 e. The van der Waals surface area contributed by atoms with E-state index in [4.69, 9.17) is 25.8 Å². The van der Waals surface area contributed by atoms with E-state index in [0.717, 1.165) is 5.56 Å². The topological polar surface area (TPSA) is 80.6 Å². The number of nitrogens with zero attached hydrogens (tertiary/aromatic N) is 1. The Morgan fingerprint density at radius 2 is 1.91 bits per heavy atom. The van der Waals surface area contributed by atoms with Crippen molar-refractivity contribution in [2.45, 2.75) is 13.5 Å². The van der Waals surface area contributed by atoms with E-state index in [1.165, 1.54) is 13.2 Å². The van der Waals surface area contributed by atoms with E-state index in [0.29, 0.717) is 51.2 Å². The fraction of sp³-hybridized carbons (Fsp3) is 0.154. The number of nitrogens with one attached hydrogen (secondary N) is 1. The van der Waals surface area contributed by atoms with E-state index in [1.54, 1.807) is 42.5 Å². The molecular formula is C26H22BrClN2O4. The lowest BCUT2D eigenvalue weighted by Gasteiger charge is -2.14. The highest BCUT2D eigenvalue weighted by atomic mass is 79.9. The highest BCUT2D eigenvalue weighted by Gasteiger charge is 2.14. The molecule has 1 N–H and O–H groups in total. The van der Waals surface area contributed by atoms with E-state index >= 15 is 0 Å². The molecule has 0 saturated heterocycles. The summed E-state index contributed by atoms with van der Waals surface area (Å²) in [6.07, 6.45) is 1.48.